The molecule has 1 saturated carbocycles. The summed E-state index contributed by atoms with van der Waals surface area (Å²) in [6.07, 6.45) is 2.79. The lowest BCUT2D eigenvalue weighted by Gasteiger charge is -2.25. The molecule has 3 N–H and O–H groups in total. The van der Waals surface area contributed by atoms with Crippen molar-refractivity contribution in [3.05, 3.63) is 0 Å². The van der Waals surface area contributed by atoms with Crippen LogP contribution in [-0.4, -0.2) is 35.5 Å². The van der Waals surface area contributed by atoms with Crippen LogP contribution in [0, 0.1) is 5.92 Å². The molecular weight excluding hydrogens is 212 g/mol. The van der Waals surface area contributed by atoms with Crippen molar-refractivity contribution < 1.29 is 19.5 Å². The number of aliphatic carboxylic acids is 1. The average Bonchev–Trinajstić information content (AvgIpc) is 2.10. The Bertz CT molecular complexity index is 299. The van der Waals surface area contributed by atoms with Crippen LogP contribution in [0.3, 0.4) is 0 Å². The first-order chi connectivity index (χ1) is 7.50. The molecule has 0 bridgehead atoms. The lowest BCUT2D eigenvalue weighted by Crippen LogP contribution is -2.48. The fourth-order valence-electron chi connectivity index (χ4n) is 1.38. The maximum atomic E-state index is 11.5. The van der Waals surface area contributed by atoms with Crippen molar-refractivity contribution in [2.75, 3.05) is 6.54 Å². The van der Waals surface area contributed by atoms with Crippen LogP contribution in [0.1, 0.15) is 26.2 Å². The van der Waals surface area contributed by atoms with Gasteiger partial charge in [-0.15, -0.1) is 0 Å². The highest BCUT2D eigenvalue weighted by Crippen LogP contribution is 2.26. The monoisotopic (exact) mass is 228 g/mol. The first kappa shape index (κ1) is 12.5. The molecule has 0 radical (unpaired) electrons. The van der Waals surface area contributed by atoms with Crippen LogP contribution < -0.4 is 10.6 Å². The molecule has 0 aliphatic heterocycles. The third kappa shape index (κ3) is 3.52. The minimum Gasteiger partial charge on any atom is -0.480 e. The van der Waals surface area contributed by atoms with Crippen molar-refractivity contribution in [2.45, 2.75) is 32.2 Å². The summed E-state index contributed by atoms with van der Waals surface area (Å²) in [5.74, 6) is -1.68. The van der Waals surface area contributed by atoms with E-state index in [-0.39, 0.29) is 11.8 Å². The number of nitrogens with one attached hydrogen (secondary N) is 2. The largest absolute Gasteiger partial charge is 0.480 e. The predicted molar refractivity (Wildman–Crippen MR) is 55.6 cm³/mol. The van der Waals surface area contributed by atoms with Gasteiger partial charge in [0, 0.05) is 5.92 Å². The number of amides is 2. The van der Waals surface area contributed by atoms with E-state index in [1.165, 1.54) is 6.92 Å². The molecule has 1 unspecified atom stereocenters. The fourth-order valence-corrected chi connectivity index (χ4v) is 1.38. The third-order valence-electron chi connectivity index (χ3n) is 2.64. The van der Waals surface area contributed by atoms with Gasteiger partial charge in [0.2, 0.25) is 11.8 Å². The van der Waals surface area contributed by atoms with E-state index in [2.05, 4.69) is 10.6 Å². The Balaban J connectivity index is 2.27. The molecule has 90 valence electrons. The summed E-state index contributed by atoms with van der Waals surface area (Å²) in [6, 6.07) is -0.688. The second-order valence-electron chi connectivity index (χ2n) is 3.97. The van der Waals surface area contributed by atoms with Crippen molar-refractivity contribution in [1.29, 1.82) is 0 Å². The molecule has 0 aromatic carbocycles. The number of hydrogen-bond acceptors (Lipinski definition) is 3. The van der Waals surface area contributed by atoms with Crippen LogP contribution >= 0.6 is 0 Å². The highest BCUT2D eigenvalue weighted by Gasteiger charge is 2.27. The topological polar surface area (TPSA) is 95.5 Å². The number of carboxylic acid groups (broad SMARTS) is 1. The zero-order valence-electron chi connectivity index (χ0n) is 9.16. The molecule has 1 aliphatic rings. The highest BCUT2D eigenvalue weighted by molar-refractivity contribution is 5.89. The number of hydrogen-bond donors (Lipinski definition) is 3. The van der Waals surface area contributed by atoms with Gasteiger partial charge < -0.3 is 15.7 Å². The van der Waals surface area contributed by atoms with Crippen LogP contribution in [0.25, 0.3) is 0 Å². The summed E-state index contributed by atoms with van der Waals surface area (Å²) in [6.45, 7) is 1.11. The molecule has 1 rings (SSSR count). The summed E-state index contributed by atoms with van der Waals surface area (Å²) in [7, 11) is 0. The summed E-state index contributed by atoms with van der Waals surface area (Å²) in [5, 5.41) is 13.1. The highest BCUT2D eigenvalue weighted by atomic mass is 16.4. The van der Waals surface area contributed by atoms with E-state index in [9.17, 15) is 14.4 Å². The number of carbonyl (C=O) groups excluding carboxylic acids is 2. The van der Waals surface area contributed by atoms with E-state index in [1.807, 2.05) is 0 Å². The summed E-state index contributed by atoms with van der Waals surface area (Å²) < 4.78 is 0. The minimum absolute atomic E-state index is 0.0229. The Morgan fingerprint density at radius 2 is 2.00 bits per heavy atom. The minimum atomic E-state index is -1.11. The van der Waals surface area contributed by atoms with E-state index in [0.29, 0.717) is 0 Å². The van der Waals surface area contributed by atoms with E-state index in [1.54, 1.807) is 0 Å². The average molecular weight is 228 g/mol. The first-order valence-electron chi connectivity index (χ1n) is 5.30. The maximum absolute atomic E-state index is 11.5. The Hall–Kier alpha value is -1.59. The SMILES string of the molecule is CC(NC(=O)C1CCC1)C(=O)NCC(=O)O. The molecule has 1 fully saturated rings. The van der Waals surface area contributed by atoms with Gasteiger partial charge >= 0.3 is 5.97 Å². The van der Waals surface area contributed by atoms with Crippen molar-refractivity contribution in [2.24, 2.45) is 5.92 Å². The molecule has 0 heterocycles. The second-order valence-corrected chi connectivity index (χ2v) is 3.97. The third-order valence-corrected chi connectivity index (χ3v) is 2.64. The maximum Gasteiger partial charge on any atom is 0.322 e. The smallest absolute Gasteiger partial charge is 0.322 e. The van der Waals surface area contributed by atoms with E-state index in [4.69, 9.17) is 5.11 Å². The molecule has 1 aliphatic carbocycles. The van der Waals surface area contributed by atoms with Gasteiger partial charge in [-0.3, -0.25) is 14.4 Å². The van der Waals surface area contributed by atoms with Crippen molar-refractivity contribution in [3.8, 4) is 0 Å². The number of carboxylic acids is 1. The van der Waals surface area contributed by atoms with E-state index < -0.39 is 24.5 Å². The predicted octanol–water partition coefficient (Wildman–Crippen LogP) is -0.508. The van der Waals surface area contributed by atoms with Gasteiger partial charge in [0.1, 0.15) is 12.6 Å². The summed E-state index contributed by atoms with van der Waals surface area (Å²) in [4.78, 5) is 33.0. The van der Waals surface area contributed by atoms with Gasteiger partial charge in [-0.25, -0.2) is 0 Å². The molecule has 0 aromatic heterocycles. The lowest BCUT2D eigenvalue weighted by atomic mass is 9.84. The zero-order valence-corrected chi connectivity index (χ0v) is 9.16. The molecule has 1 atom stereocenters. The van der Waals surface area contributed by atoms with Gasteiger partial charge in [0.25, 0.3) is 0 Å². The summed E-state index contributed by atoms with van der Waals surface area (Å²) >= 11 is 0. The van der Waals surface area contributed by atoms with Crippen LogP contribution in [0.2, 0.25) is 0 Å². The van der Waals surface area contributed by atoms with Crippen LogP contribution in [0.4, 0.5) is 0 Å². The van der Waals surface area contributed by atoms with Crippen molar-refractivity contribution in [1.82, 2.24) is 10.6 Å². The number of carbonyl (C=O) groups is 3. The standard InChI is InChI=1S/C10H16N2O4/c1-6(9(15)11-5-8(13)14)12-10(16)7-3-2-4-7/h6-7H,2-5H2,1H3,(H,11,15)(H,12,16)(H,13,14). The van der Waals surface area contributed by atoms with E-state index in [0.717, 1.165) is 19.3 Å². The molecule has 2 amide bonds. The second kappa shape index (κ2) is 5.48. The molecule has 0 aromatic rings. The lowest BCUT2D eigenvalue weighted by molar-refractivity contribution is -0.138. The van der Waals surface area contributed by atoms with Gasteiger partial charge in [-0.2, -0.15) is 0 Å². The fraction of sp³-hybridized carbons (Fsp3) is 0.700. The van der Waals surface area contributed by atoms with Gasteiger partial charge in [-0.05, 0) is 19.8 Å². The van der Waals surface area contributed by atoms with Gasteiger partial charge in [0.15, 0.2) is 0 Å². The summed E-state index contributed by atoms with van der Waals surface area (Å²) in [5.41, 5.74) is 0. The molecule has 6 heteroatoms. The van der Waals surface area contributed by atoms with Crippen LogP contribution in [-0.2, 0) is 14.4 Å². The van der Waals surface area contributed by atoms with Gasteiger partial charge in [0.05, 0.1) is 0 Å². The molecule has 0 spiro atoms. The molecule has 16 heavy (non-hydrogen) atoms. The Kier molecular flexibility index (Phi) is 4.28. The quantitative estimate of drug-likeness (QED) is 0.590. The normalized spacial score (nSPS) is 17.1. The zero-order chi connectivity index (χ0) is 12.1. The Morgan fingerprint density at radius 1 is 1.38 bits per heavy atom. The molecule has 6 nitrogen and oxygen atoms in total. The van der Waals surface area contributed by atoms with E-state index >= 15 is 0 Å². The number of rotatable bonds is 5. The van der Waals surface area contributed by atoms with Crippen LogP contribution in [0.15, 0.2) is 0 Å². The first-order valence-corrected chi connectivity index (χ1v) is 5.30. The van der Waals surface area contributed by atoms with Crippen LogP contribution in [0.5, 0.6) is 0 Å². The van der Waals surface area contributed by atoms with Crippen molar-refractivity contribution >= 4 is 17.8 Å². The molecular formula is C10H16N2O4. The Morgan fingerprint density at radius 3 is 2.44 bits per heavy atom. The van der Waals surface area contributed by atoms with Gasteiger partial charge in [-0.1, -0.05) is 6.42 Å². The van der Waals surface area contributed by atoms with Crippen molar-refractivity contribution in [3.63, 3.8) is 0 Å². The molecule has 0 saturated heterocycles. The Labute approximate surface area is 93.4 Å².